The molecule has 0 bridgehead atoms. The number of para-hydroxylation sites is 2. The molecule has 62 heavy (non-hydrogen) atoms. The van der Waals surface area contributed by atoms with Crippen molar-refractivity contribution in [3.05, 3.63) is 216 Å². The first-order valence-electron chi connectivity index (χ1n) is 20.9. The normalized spacial score (nSPS) is 13.9. The average Bonchev–Trinajstić information content (AvgIpc) is 4.01. The molecule has 3 heterocycles. The molecule has 0 aliphatic carbocycles. The molecule has 1 aliphatic rings. The van der Waals surface area contributed by atoms with Gasteiger partial charge in [-0.25, -0.2) is 4.99 Å². The van der Waals surface area contributed by atoms with Crippen molar-refractivity contribution in [3.8, 4) is 28.6 Å². The van der Waals surface area contributed by atoms with Crippen LogP contribution in [0, 0.1) is 25.2 Å². The summed E-state index contributed by atoms with van der Waals surface area (Å²) >= 11 is 1.67. The van der Waals surface area contributed by atoms with Crippen molar-refractivity contribution in [2.75, 3.05) is 0 Å². The number of hydrogen-bond acceptors (Lipinski definition) is 3. The lowest BCUT2D eigenvalue weighted by molar-refractivity contribution is 1.13. The number of rotatable bonds is 6. The quantitative estimate of drug-likeness (QED) is 0.168. The Morgan fingerprint density at radius 2 is 1.34 bits per heavy atom. The fourth-order valence-corrected chi connectivity index (χ4v) is 10.7. The molecule has 11 rings (SSSR count). The number of nitrogens with zero attached hydrogens (tertiary/aromatic N) is 4. The Balaban J connectivity index is 1.10. The average molecular weight is 813 g/mol. The van der Waals surface area contributed by atoms with Gasteiger partial charge in [-0.05, 0) is 130 Å². The van der Waals surface area contributed by atoms with E-state index >= 15 is 0 Å². The van der Waals surface area contributed by atoms with E-state index in [-0.39, 0.29) is 0 Å². The lowest BCUT2D eigenvalue weighted by atomic mass is 9.89. The SMILES string of the molecule is C=C(N=C1Sc2ccccc2/C1=C(/C)c1cc(C#N)cc(-n2c3ccccc3c3c4ccccc4c(-c4ccccc4C)c(C)c32)c1)c1cccc(-n2ccc3ccccc32)c1. The summed E-state index contributed by atoms with van der Waals surface area (Å²) in [6.07, 6.45) is 2.11. The monoisotopic (exact) mass is 812 g/mol. The molecule has 4 nitrogen and oxygen atoms in total. The van der Waals surface area contributed by atoms with Gasteiger partial charge in [0.25, 0.3) is 0 Å². The fourth-order valence-electron chi connectivity index (χ4n) is 9.55. The molecule has 10 aromatic rings. The predicted molar refractivity (Wildman–Crippen MR) is 262 cm³/mol. The number of allylic oxidation sites excluding steroid dienone is 1. The van der Waals surface area contributed by atoms with Gasteiger partial charge >= 0.3 is 0 Å². The molecule has 0 N–H and O–H groups in total. The number of thioether (sulfide) groups is 1. The van der Waals surface area contributed by atoms with Crippen molar-refractivity contribution in [2.45, 2.75) is 25.7 Å². The number of benzene rings is 8. The van der Waals surface area contributed by atoms with Gasteiger partial charge in [0.1, 0.15) is 5.04 Å². The van der Waals surface area contributed by atoms with Crippen molar-refractivity contribution in [3.63, 3.8) is 0 Å². The molecular formula is C57H40N4S. The molecule has 5 heteroatoms. The van der Waals surface area contributed by atoms with Crippen molar-refractivity contribution in [1.82, 2.24) is 9.13 Å². The smallest absolute Gasteiger partial charge is 0.110 e. The van der Waals surface area contributed by atoms with Crippen molar-refractivity contribution >= 4 is 77.1 Å². The van der Waals surface area contributed by atoms with Gasteiger partial charge in [0, 0.05) is 44.4 Å². The van der Waals surface area contributed by atoms with E-state index in [9.17, 15) is 5.26 Å². The lowest BCUT2D eigenvalue weighted by Crippen LogP contribution is -2.01. The van der Waals surface area contributed by atoms with Gasteiger partial charge in [0.2, 0.25) is 0 Å². The minimum atomic E-state index is 0.595. The van der Waals surface area contributed by atoms with E-state index in [0.29, 0.717) is 11.3 Å². The van der Waals surface area contributed by atoms with Gasteiger partial charge in [-0.15, -0.1) is 0 Å². The van der Waals surface area contributed by atoms with Crippen LogP contribution in [0.25, 0.3) is 82.8 Å². The van der Waals surface area contributed by atoms with E-state index in [1.54, 1.807) is 11.8 Å². The van der Waals surface area contributed by atoms with Crippen LogP contribution in [0.5, 0.6) is 0 Å². The second-order valence-corrected chi connectivity index (χ2v) is 17.1. The van der Waals surface area contributed by atoms with Crippen LogP contribution in [0.1, 0.15) is 40.3 Å². The highest BCUT2D eigenvalue weighted by molar-refractivity contribution is 8.15. The summed E-state index contributed by atoms with van der Waals surface area (Å²) in [7, 11) is 0. The predicted octanol–water partition coefficient (Wildman–Crippen LogP) is 15.1. The Morgan fingerprint density at radius 1 is 0.645 bits per heavy atom. The number of nitriles is 1. The van der Waals surface area contributed by atoms with Crippen molar-refractivity contribution in [1.29, 1.82) is 5.26 Å². The molecule has 0 amide bonds. The Hall–Kier alpha value is -7.65. The molecule has 0 radical (unpaired) electrons. The maximum Gasteiger partial charge on any atom is 0.110 e. The minimum absolute atomic E-state index is 0.595. The van der Waals surface area contributed by atoms with E-state index < -0.39 is 0 Å². The molecule has 0 spiro atoms. The third kappa shape index (κ3) is 5.95. The van der Waals surface area contributed by atoms with Gasteiger partial charge in [0.05, 0.1) is 33.9 Å². The standard InChI is InChI=1S/C57H40N4S/c1-35-16-5-7-20-45(35)53-37(3)56-55(47-22-9-8-21-46(47)53)48-23-10-13-26-51(48)61(56)44-31-39(34-58)30-42(33-44)36(2)54-49-24-11-14-27-52(49)62-57(54)59-38(4)41-18-15-19-43(32-41)60-29-28-40-17-6-12-25-50(40)60/h5-33H,4H2,1-3H3/b54-36+,59-57?. The summed E-state index contributed by atoms with van der Waals surface area (Å²) in [5.41, 5.74) is 16.7. The molecule has 8 aromatic carbocycles. The fraction of sp³-hybridized carbons (Fsp3) is 0.0526. The molecule has 0 fully saturated rings. The van der Waals surface area contributed by atoms with E-state index in [2.05, 4.69) is 206 Å². The third-order valence-corrected chi connectivity index (χ3v) is 13.5. The van der Waals surface area contributed by atoms with Crippen LogP contribution in [-0.4, -0.2) is 14.2 Å². The maximum absolute atomic E-state index is 10.7. The zero-order chi connectivity index (χ0) is 42.1. The van der Waals surface area contributed by atoms with Gasteiger partial charge in [-0.3, -0.25) is 0 Å². The highest BCUT2D eigenvalue weighted by Gasteiger charge is 2.28. The number of fused-ring (bicyclic) bond motifs is 7. The Bertz CT molecular complexity index is 3620. The van der Waals surface area contributed by atoms with E-state index in [0.717, 1.165) is 65.7 Å². The van der Waals surface area contributed by atoms with Crippen molar-refractivity contribution < 1.29 is 0 Å². The molecule has 294 valence electrons. The van der Waals surface area contributed by atoms with E-state index in [1.165, 1.54) is 49.2 Å². The topological polar surface area (TPSA) is 46.0 Å². The van der Waals surface area contributed by atoms with Crippen LogP contribution in [0.15, 0.2) is 193 Å². The number of hydrogen-bond donors (Lipinski definition) is 0. The highest BCUT2D eigenvalue weighted by atomic mass is 32.2. The van der Waals surface area contributed by atoms with Crippen LogP contribution < -0.4 is 0 Å². The third-order valence-electron chi connectivity index (χ3n) is 12.5. The van der Waals surface area contributed by atoms with Crippen LogP contribution >= 0.6 is 11.8 Å². The molecule has 1 aliphatic heterocycles. The molecule has 0 saturated carbocycles. The van der Waals surface area contributed by atoms with Gasteiger partial charge in [-0.1, -0.05) is 134 Å². The summed E-state index contributed by atoms with van der Waals surface area (Å²) in [6, 6.07) is 62.4. The zero-order valence-corrected chi connectivity index (χ0v) is 35.5. The van der Waals surface area contributed by atoms with Gasteiger partial charge < -0.3 is 9.13 Å². The van der Waals surface area contributed by atoms with Crippen LogP contribution in [0.2, 0.25) is 0 Å². The zero-order valence-electron chi connectivity index (χ0n) is 34.6. The number of aromatic nitrogens is 2. The highest BCUT2D eigenvalue weighted by Crippen LogP contribution is 2.48. The van der Waals surface area contributed by atoms with Crippen molar-refractivity contribution in [2.24, 2.45) is 4.99 Å². The lowest BCUT2D eigenvalue weighted by Gasteiger charge is -2.18. The molecule has 0 unspecified atom stereocenters. The van der Waals surface area contributed by atoms with Gasteiger partial charge in [-0.2, -0.15) is 5.26 Å². The molecule has 0 saturated heterocycles. The summed E-state index contributed by atoms with van der Waals surface area (Å²) in [4.78, 5) is 6.45. The Morgan fingerprint density at radius 3 is 2.16 bits per heavy atom. The largest absolute Gasteiger partial charge is 0.317 e. The minimum Gasteiger partial charge on any atom is -0.317 e. The second-order valence-electron chi connectivity index (χ2n) is 16.1. The number of aryl methyl sites for hydroxylation is 2. The first-order valence-corrected chi connectivity index (χ1v) is 21.7. The maximum atomic E-state index is 10.7. The first kappa shape index (κ1) is 37.4. The Kier molecular flexibility index (Phi) is 8.93. The van der Waals surface area contributed by atoms with Crippen LogP contribution in [0.3, 0.4) is 0 Å². The first-order chi connectivity index (χ1) is 30.4. The molecule has 0 atom stereocenters. The van der Waals surface area contributed by atoms with E-state index in [4.69, 9.17) is 4.99 Å². The summed E-state index contributed by atoms with van der Waals surface area (Å²) in [5, 5.41) is 17.6. The van der Waals surface area contributed by atoms with E-state index in [1.807, 2.05) is 12.1 Å². The summed E-state index contributed by atoms with van der Waals surface area (Å²) in [5.74, 6) is 0. The van der Waals surface area contributed by atoms with Gasteiger partial charge in [0.15, 0.2) is 0 Å². The van der Waals surface area contributed by atoms with Crippen LogP contribution in [0.4, 0.5) is 0 Å². The Labute approximate surface area is 365 Å². The summed E-state index contributed by atoms with van der Waals surface area (Å²) in [6.45, 7) is 11.1. The summed E-state index contributed by atoms with van der Waals surface area (Å²) < 4.78 is 4.59. The number of aliphatic imine (C=N–C) groups is 1. The molecule has 2 aromatic heterocycles. The second kappa shape index (κ2) is 14.8. The molecular weight excluding hydrogens is 773 g/mol. The van der Waals surface area contributed by atoms with Crippen LogP contribution in [-0.2, 0) is 0 Å².